The van der Waals surface area contributed by atoms with E-state index in [9.17, 15) is 13.2 Å². The summed E-state index contributed by atoms with van der Waals surface area (Å²) >= 11 is 0. The Hall–Kier alpha value is -4.40. The Morgan fingerprint density at radius 3 is 2.68 bits per heavy atom. The Morgan fingerprint density at radius 1 is 1.13 bits per heavy atom. The van der Waals surface area contributed by atoms with Gasteiger partial charge in [-0.05, 0) is 24.3 Å². The van der Waals surface area contributed by atoms with Crippen LogP contribution in [0, 0.1) is 12.4 Å². The first-order valence-corrected chi connectivity index (χ1v) is 8.77. The van der Waals surface area contributed by atoms with E-state index in [2.05, 4.69) is 34.8 Å². The highest BCUT2D eigenvalue weighted by atomic mass is 19.3. The number of nitrogen functional groups attached to an aromatic ring is 1. The molecule has 9 nitrogen and oxygen atoms in total. The molecule has 0 spiro atoms. The van der Waals surface area contributed by atoms with Crippen molar-refractivity contribution in [2.45, 2.75) is 13.2 Å². The maximum absolute atomic E-state index is 14.0. The minimum atomic E-state index is -3.14. The molecular weight excluding hydrogens is 413 g/mol. The number of halogens is 3. The summed E-state index contributed by atoms with van der Waals surface area (Å²) in [6.45, 7) is 4.02. The van der Waals surface area contributed by atoms with Crippen molar-refractivity contribution in [2.24, 2.45) is 0 Å². The highest BCUT2D eigenvalue weighted by molar-refractivity contribution is 5.77. The summed E-state index contributed by atoms with van der Waals surface area (Å²) < 4.78 is 44.3. The molecule has 0 saturated carbocycles. The van der Waals surface area contributed by atoms with E-state index >= 15 is 0 Å². The molecule has 4 rings (SSSR count). The monoisotopic (exact) mass is 426 g/mol. The van der Waals surface area contributed by atoms with Crippen molar-refractivity contribution < 1.29 is 17.9 Å². The van der Waals surface area contributed by atoms with Gasteiger partial charge in [-0.1, -0.05) is 12.1 Å². The number of hydrogen-bond acceptors (Lipinski definition) is 7. The molecule has 2 aromatic carbocycles. The highest BCUT2D eigenvalue weighted by Gasteiger charge is 2.18. The Kier molecular flexibility index (Phi) is 5.23. The SMILES string of the molecule is [C-]#[N+]Cc1nc2ccccc2n1-c1nc(N)nc(Nc2ccc(OC(F)F)c(F)c2)n1. The number of nitrogens with two attached hydrogens (primary N) is 1. The zero-order valence-corrected chi connectivity index (χ0v) is 15.6. The zero-order valence-electron chi connectivity index (χ0n) is 15.6. The molecule has 0 aliphatic rings. The third-order valence-electron chi connectivity index (χ3n) is 4.10. The van der Waals surface area contributed by atoms with Crippen LogP contribution in [0.4, 0.5) is 30.8 Å². The van der Waals surface area contributed by atoms with E-state index in [1.165, 1.54) is 6.07 Å². The van der Waals surface area contributed by atoms with Crippen molar-refractivity contribution in [3.05, 3.63) is 65.5 Å². The van der Waals surface area contributed by atoms with Crippen LogP contribution in [0.1, 0.15) is 5.82 Å². The first kappa shape index (κ1) is 19.9. The lowest BCUT2D eigenvalue weighted by atomic mass is 10.3. The fourth-order valence-electron chi connectivity index (χ4n) is 2.91. The third-order valence-corrected chi connectivity index (χ3v) is 4.10. The van der Waals surface area contributed by atoms with Gasteiger partial charge >= 0.3 is 6.61 Å². The van der Waals surface area contributed by atoms with Gasteiger partial charge in [0, 0.05) is 11.8 Å². The fraction of sp³-hybridized carbons (Fsp3) is 0.105. The smallest absolute Gasteiger partial charge is 0.387 e. The zero-order chi connectivity index (χ0) is 22.0. The first-order valence-electron chi connectivity index (χ1n) is 8.77. The van der Waals surface area contributed by atoms with Crippen molar-refractivity contribution >= 4 is 28.6 Å². The Morgan fingerprint density at radius 2 is 1.94 bits per heavy atom. The van der Waals surface area contributed by atoms with Crippen LogP contribution in [0.2, 0.25) is 0 Å². The molecule has 0 saturated heterocycles. The van der Waals surface area contributed by atoms with E-state index in [0.29, 0.717) is 16.9 Å². The molecule has 0 aliphatic heterocycles. The van der Waals surface area contributed by atoms with Crippen molar-refractivity contribution in [1.82, 2.24) is 24.5 Å². The largest absolute Gasteiger partial charge is 0.432 e. The maximum Gasteiger partial charge on any atom is 0.387 e. The summed E-state index contributed by atoms with van der Waals surface area (Å²) in [5.41, 5.74) is 7.30. The highest BCUT2D eigenvalue weighted by Crippen LogP contribution is 2.25. The second kappa shape index (κ2) is 8.15. The summed E-state index contributed by atoms with van der Waals surface area (Å²) in [6.07, 6.45) is 0. The predicted molar refractivity (Wildman–Crippen MR) is 105 cm³/mol. The molecular formula is C19H13F3N8O. The van der Waals surface area contributed by atoms with Crippen LogP contribution in [-0.4, -0.2) is 31.1 Å². The average molecular weight is 426 g/mol. The van der Waals surface area contributed by atoms with Gasteiger partial charge in [0.15, 0.2) is 17.4 Å². The number of hydrogen-bond donors (Lipinski definition) is 2. The van der Waals surface area contributed by atoms with Gasteiger partial charge in [-0.15, -0.1) is 0 Å². The molecule has 0 unspecified atom stereocenters. The van der Waals surface area contributed by atoms with Gasteiger partial charge < -0.3 is 20.6 Å². The molecule has 2 heterocycles. The van der Waals surface area contributed by atoms with Crippen LogP contribution in [0.15, 0.2) is 42.5 Å². The number of imidazole rings is 1. The van der Waals surface area contributed by atoms with Crippen molar-refractivity contribution in [3.63, 3.8) is 0 Å². The van der Waals surface area contributed by atoms with Crippen LogP contribution in [0.25, 0.3) is 21.8 Å². The number of nitrogens with zero attached hydrogens (tertiary/aromatic N) is 6. The predicted octanol–water partition coefficient (Wildman–Crippen LogP) is 3.70. The minimum Gasteiger partial charge on any atom is -0.432 e. The van der Waals surface area contributed by atoms with Gasteiger partial charge in [-0.2, -0.15) is 23.7 Å². The van der Waals surface area contributed by atoms with Crippen LogP contribution in [0.3, 0.4) is 0 Å². The minimum absolute atomic E-state index is 0.0140. The number of aromatic nitrogens is 5. The molecule has 0 bridgehead atoms. The quantitative estimate of drug-likeness (QED) is 0.453. The van der Waals surface area contributed by atoms with Crippen LogP contribution in [0.5, 0.6) is 5.75 Å². The molecule has 0 radical (unpaired) electrons. The number of fused-ring (bicyclic) bond motifs is 1. The lowest BCUT2D eigenvalue weighted by Gasteiger charge is -2.10. The fourth-order valence-corrected chi connectivity index (χ4v) is 2.91. The lowest BCUT2D eigenvalue weighted by Crippen LogP contribution is -2.11. The number of ether oxygens (including phenoxy) is 1. The molecule has 31 heavy (non-hydrogen) atoms. The lowest BCUT2D eigenvalue weighted by molar-refractivity contribution is -0.0521. The average Bonchev–Trinajstić information content (AvgIpc) is 3.07. The summed E-state index contributed by atoms with van der Waals surface area (Å²) in [5, 5.41) is 2.75. The van der Waals surface area contributed by atoms with Gasteiger partial charge in [0.1, 0.15) is 0 Å². The molecule has 0 fully saturated rings. The first-order chi connectivity index (χ1) is 14.9. The second-order valence-electron chi connectivity index (χ2n) is 6.13. The normalized spacial score (nSPS) is 10.9. The van der Waals surface area contributed by atoms with Gasteiger partial charge in [0.2, 0.25) is 17.8 Å². The molecule has 156 valence electrons. The summed E-state index contributed by atoms with van der Waals surface area (Å²) in [4.78, 5) is 20.2. The van der Waals surface area contributed by atoms with E-state index in [1.807, 2.05) is 6.07 Å². The number of nitrogens with one attached hydrogen (secondary N) is 1. The molecule has 12 heteroatoms. The third kappa shape index (κ3) is 4.15. The molecule has 0 aliphatic carbocycles. The molecule has 4 aromatic rings. The van der Waals surface area contributed by atoms with Gasteiger partial charge in [-0.3, -0.25) is 4.57 Å². The number of anilines is 3. The molecule has 0 atom stereocenters. The van der Waals surface area contributed by atoms with Crippen LogP contribution < -0.4 is 15.8 Å². The number of alkyl halides is 2. The van der Waals surface area contributed by atoms with E-state index < -0.39 is 18.2 Å². The Bertz CT molecular complexity index is 1300. The van der Waals surface area contributed by atoms with Gasteiger partial charge in [0.25, 0.3) is 6.54 Å². The van der Waals surface area contributed by atoms with E-state index in [1.54, 1.807) is 22.8 Å². The van der Waals surface area contributed by atoms with Crippen molar-refractivity contribution in [2.75, 3.05) is 11.1 Å². The van der Waals surface area contributed by atoms with Gasteiger partial charge in [-0.25, -0.2) is 15.9 Å². The molecule has 2 aromatic heterocycles. The van der Waals surface area contributed by atoms with E-state index in [4.69, 9.17) is 12.3 Å². The second-order valence-corrected chi connectivity index (χ2v) is 6.13. The summed E-state index contributed by atoms with van der Waals surface area (Å²) in [5.74, 6) is -1.21. The van der Waals surface area contributed by atoms with Gasteiger partial charge in [0.05, 0.1) is 11.0 Å². The van der Waals surface area contributed by atoms with Crippen LogP contribution >= 0.6 is 0 Å². The van der Waals surface area contributed by atoms with E-state index in [0.717, 1.165) is 12.1 Å². The summed E-state index contributed by atoms with van der Waals surface area (Å²) in [6, 6.07) is 10.5. The summed E-state index contributed by atoms with van der Waals surface area (Å²) in [7, 11) is 0. The standard InChI is InChI=1S/C19H13F3N8O/c1-24-9-15-26-12-4-2-3-5-13(12)30(15)19-28-17(23)27-18(29-19)25-10-6-7-14(11(20)8-10)31-16(21)22/h2-8,16H,9H2,(H3,23,25,27,28,29). The number of benzene rings is 2. The van der Waals surface area contributed by atoms with E-state index in [-0.39, 0.29) is 30.1 Å². The molecule has 3 N–H and O–H groups in total. The van der Waals surface area contributed by atoms with Crippen molar-refractivity contribution in [1.29, 1.82) is 0 Å². The topological polar surface area (TPSA) is 108 Å². The Labute approximate surface area is 173 Å². The van der Waals surface area contributed by atoms with Crippen molar-refractivity contribution in [3.8, 4) is 11.7 Å². The molecule has 0 amide bonds. The Balaban J connectivity index is 1.72. The number of rotatable bonds is 6. The maximum atomic E-state index is 14.0. The van der Waals surface area contributed by atoms with Crippen LogP contribution in [-0.2, 0) is 6.54 Å². The number of para-hydroxylation sites is 2.